The van der Waals surface area contributed by atoms with Crippen LogP contribution >= 0.6 is 11.6 Å². The van der Waals surface area contributed by atoms with E-state index in [-0.39, 0.29) is 21.4 Å². The van der Waals surface area contributed by atoms with Crippen LogP contribution in [-0.2, 0) is 14.8 Å². The lowest BCUT2D eigenvalue weighted by molar-refractivity contribution is -0.119. The number of nitrogens with zero attached hydrogens (tertiary/aromatic N) is 2. The first-order valence-corrected chi connectivity index (χ1v) is 12.4. The molecule has 34 heavy (non-hydrogen) atoms. The van der Waals surface area contributed by atoms with Gasteiger partial charge in [-0.05, 0) is 54.8 Å². The Hall–Kier alpha value is -3.23. The molecule has 0 aliphatic carbocycles. The number of aryl methyl sites for hydroxylation is 1. The van der Waals surface area contributed by atoms with Gasteiger partial charge in [-0.25, -0.2) is 18.2 Å². The third-order valence-electron chi connectivity index (χ3n) is 5.13. The lowest BCUT2D eigenvalue weighted by Crippen LogP contribution is -2.39. The number of carbonyl (C=O) groups excluding carboxylic acids is 1. The Balaban J connectivity index is 1.88. The fraction of sp³-hybridized carbons (Fsp3) is 0.200. The highest BCUT2D eigenvalue weighted by Gasteiger charge is 2.27. The molecule has 0 saturated carbocycles. The molecule has 0 fully saturated rings. The zero-order valence-corrected chi connectivity index (χ0v) is 20.6. The third-order valence-corrected chi connectivity index (χ3v) is 7.24. The molecule has 3 aromatic carbocycles. The van der Waals surface area contributed by atoms with Crippen LogP contribution in [0.3, 0.4) is 0 Å². The number of carbonyl (C=O) groups is 1. The van der Waals surface area contributed by atoms with E-state index in [1.54, 1.807) is 24.3 Å². The van der Waals surface area contributed by atoms with Gasteiger partial charge in [-0.3, -0.25) is 9.10 Å². The number of nitrogens with one attached hydrogen (secondary N) is 1. The van der Waals surface area contributed by atoms with Crippen molar-refractivity contribution in [2.45, 2.75) is 31.6 Å². The van der Waals surface area contributed by atoms with Gasteiger partial charge in [0, 0.05) is 5.56 Å². The molecule has 0 aromatic heterocycles. The lowest BCUT2D eigenvalue weighted by Gasteiger charge is -2.24. The average molecular weight is 502 g/mol. The minimum absolute atomic E-state index is 0.0119. The van der Waals surface area contributed by atoms with Crippen molar-refractivity contribution in [1.29, 1.82) is 0 Å². The van der Waals surface area contributed by atoms with Crippen LogP contribution in [0, 0.1) is 12.7 Å². The number of hydrogen-bond acceptors (Lipinski definition) is 4. The van der Waals surface area contributed by atoms with E-state index in [1.165, 1.54) is 30.3 Å². The van der Waals surface area contributed by atoms with E-state index >= 15 is 0 Å². The summed E-state index contributed by atoms with van der Waals surface area (Å²) in [7, 11) is -4.05. The van der Waals surface area contributed by atoms with Gasteiger partial charge >= 0.3 is 0 Å². The molecular formula is C25H25ClFN3O3S. The maximum atomic E-state index is 13.9. The molecule has 3 rings (SSSR count). The Morgan fingerprint density at radius 3 is 2.32 bits per heavy atom. The Kier molecular flexibility index (Phi) is 8.06. The van der Waals surface area contributed by atoms with E-state index in [0.717, 1.165) is 21.6 Å². The van der Waals surface area contributed by atoms with Crippen LogP contribution in [0.2, 0.25) is 5.02 Å². The van der Waals surface area contributed by atoms with Crippen LogP contribution in [0.25, 0.3) is 0 Å². The molecule has 0 saturated heterocycles. The topological polar surface area (TPSA) is 78.8 Å². The number of sulfonamides is 1. The van der Waals surface area contributed by atoms with Crippen LogP contribution in [0.15, 0.2) is 76.7 Å². The normalized spacial score (nSPS) is 11.7. The Labute approximate surface area is 204 Å². The molecule has 3 aromatic rings. The van der Waals surface area contributed by atoms with Gasteiger partial charge in [0.15, 0.2) is 0 Å². The van der Waals surface area contributed by atoms with Crippen molar-refractivity contribution in [2.24, 2.45) is 5.10 Å². The summed E-state index contributed by atoms with van der Waals surface area (Å²) in [6, 6.07) is 17.5. The average Bonchev–Trinajstić information content (AvgIpc) is 2.79. The quantitative estimate of drug-likeness (QED) is 0.338. The van der Waals surface area contributed by atoms with Gasteiger partial charge in [-0.1, -0.05) is 61.3 Å². The summed E-state index contributed by atoms with van der Waals surface area (Å²) in [6.45, 7) is 5.39. The van der Waals surface area contributed by atoms with Crippen molar-refractivity contribution in [3.05, 3.63) is 94.3 Å². The van der Waals surface area contributed by atoms with Gasteiger partial charge < -0.3 is 0 Å². The van der Waals surface area contributed by atoms with Crippen LogP contribution < -0.4 is 9.73 Å². The monoisotopic (exact) mass is 501 g/mol. The van der Waals surface area contributed by atoms with Crippen molar-refractivity contribution in [1.82, 2.24) is 5.43 Å². The summed E-state index contributed by atoms with van der Waals surface area (Å²) >= 11 is 5.95. The maximum Gasteiger partial charge on any atom is 0.264 e. The first-order valence-electron chi connectivity index (χ1n) is 10.5. The number of halogens is 2. The summed E-state index contributed by atoms with van der Waals surface area (Å²) in [5.74, 6) is -1.04. The Morgan fingerprint density at radius 2 is 1.74 bits per heavy atom. The number of amides is 1. The van der Waals surface area contributed by atoms with Gasteiger partial charge in [-0.15, -0.1) is 0 Å². The van der Waals surface area contributed by atoms with Gasteiger partial charge in [0.25, 0.3) is 15.9 Å². The van der Waals surface area contributed by atoms with E-state index in [0.29, 0.717) is 5.69 Å². The first kappa shape index (κ1) is 25.4. The number of hydrazone groups is 1. The highest BCUT2D eigenvalue weighted by molar-refractivity contribution is 7.92. The van der Waals surface area contributed by atoms with Crippen LogP contribution in [0.4, 0.5) is 10.1 Å². The minimum atomic E-state index is -4.05. The summed E-state index contributed by atoms with van der Waals surface area (Å²) in [5.41, 5.74) is 4.54. The predicted octanol–water partition coefficient (Wildman–Crippen LogP) is 5.26. The summed E-state index contributed by atoms with van der Waals surface area (Å²) in [5, 5.41) is 3.87. The molecule has 0 unspecified atom stereocenters. The highest BCUT2D eigenvalue weighted by Crippen LogP contribution is 2.26. The van der Waals surface area contributed by atoms with Crippen molar-refractivity contribution >= 4 is 39.4 Å². The van der Waals surface area contributed by atoms with E-state index < -0.39 is 28.3 Å². The molecule has 6 nitrogen and oxygen atoms in total. The first-order chi connectivity index (χ1) is 16.1. The van der Waals surface area contributed by atoms with Crippen LogP contribution in [0.1, 0.15) is 36.5 Å². The van der Waals surface area contributed by atoms with Crippen molar-refractivity contribution in [2.75, 3.05) is 10.8 Å². The molecule has 0 radical (unpaired) electrons. The fourth-order valence-electron chi connectivity index (χ4n) is 3.15. The van der Waals surface area contributed by atoms with Crippen molar-refractivity contribution in [3.8, 4) is 0 Å². The second-order valence-electron chi connectivity index (χ2n) is 8.00. The molecule has 1 N–H and O–H groups in total. The molecule has 9 heteroatoms. The van der Waals surface area contributed by atoms with Crippen LogP contribution in [-0.4, -0.2) is 27.1 Å². The SMILES string of the molecule is Cc1ccc(S(=O)(=O)N(CC(=O)N/N=C/c2c(F)cccc2Cl)c2ccc(C(C)C)cc2)cc1. The number of anilines is 1. The molecular weight excluding hydrogens is 477 g/mol. The van der Waals surface area contributed by atoms with Crippen LogP contribution in [0.5, 0.6) is 0 Å². The third kappa shape index (κ3) is 6.01. The minimum Gasteiger partial charge on any atom is -0.271 e. The second-order valence-corrected chi connectivity index (χ2v) is 10.3. The van der Waals surface area contributed by atoms with Gasteiger partial charge in [0.05, 0.1) is 21.8 Å². The summed E-state index contributed by atoms with van der Waals surface area (Å²) in [6.07, 6.45) is 1.08. The maximum absolute atomic E-state index is 13.9. The molecule has 0 bridgehead atoms. The van der Waals surface area contributed by atoms with Gasteiger partial charge in [-0.2, -0.15) is 5.10 Å². The standard InChI is InChI=1S/C25H25ClFN3O3S/c1-17(2)19-9-11-20(12-10-19)30(34(32,33)21-13-7-18(3)8-14-21)16-25(31)29-28-15-22-23(26)5-4-6-24(22)27/h4-15,17H,16H2,1-3H3,(H,29,31)/b28-15+. The molecule has 0 atom stereocenters. The molecule has 178 valence electrons. The zero-order chi connectivity index (χ0) is 24.9. The number of rotatable bonds is 8. The zero-order valence-electron chi connectivity index (χ0n) is 19.0. The highest BCUT2D eigenvalue weighted by atomic mass is 35.5. The molecule has 0 heterocycles. The van der Waals surface area contributed by atoms with Crippen molar-refractivity contribution < 1.29 is 17.6 Å². The predicted molar refractivity (Wildman–Crippen MR) is 133 cm³/mol. The smallest absolute Gasteiger partial charge is 0.264 e. The van der Waals surface area contributed by atoms with E-state index in [4.69, 9.17) is 11.6 Å². The molecule has 0 aliphatic heterocycles. The Bertz CT molecular complexity index is 1270. The van der Waals surface area contributed by atoms with E-state index in [1.807, 2.05) is 32.9 Å². The second kappa shape index (κ2) is 10.8. The van der Waals surface area contributed by atoms with E-state index in [9.17, 15) is 17.6 Å². The number of hydrogen-bond donors (Lipinski definition) is 1. The molecule has 0 aliphatic rings. The fourth-order valence-corrected chi connectivity index (χ4v) is 4.78. The molecule has 0 spiro atoms. The van der Waals surface area contributed by atoms with Crippen molar-refractivity contribution in [3.63, 3.8) is 0 Å². The van der Waals surface area contributed by atoms with E-state index in [2.05, 4.69) is 10.5 Å². The van der Waals surface area contributed by atoms with Gasteiger partial charge in [0.2, 0.25) is 0 Å². The largest absolute Gasteiger partial charge is 0.271 e. The summed E-state index contributed by atoms with van der Waals surface area (Å²) < 4.78 is 41.8. The lowest BCUT2D eigenvalue weighted by atomic mass is 10.0. The Morgan fingerprint density at radius 1 is 1.09 bits per heavy atom. The summed E-state index contributed by atoms with van der Waals surface area (Å²) in [4.78, 5) is 12.7. The number of benzene rings is 3. The molecule has 1 amide bonds. The van der Waals surface area contributed by atoms with Gasteiger partial charge in [0.1, 0.15) is 12.4 Å².